The summed E-state index contributed by atoms with van der Waals surface area (Å²) in [7, 11) is 0. The molecule has 0 heterocycles. The molecule has 1 aromatic rings. The van der Waals surface area contributed by atoms with Crippen molar-refractivity contribution < 1.29 is 19.1 Å². The molecular formula is C16H20FNO3. The molecule has 2 atom stereocenters. The van der Waals surface area contributed by atoms with E-state index in [0.29, 0.717) is 18.4 Å². The Kier molecular flexibility index (Phi) is 4.94. The van der Waals surface area contributed by atoms with Gasteiger partial charge in [-0.1, -0.05) is 25.3 Å². The van der Waals surface area contributed by atoms with Gasteiger partial charge in [-0.25, -0.2) is 4.39 Å². The number of hydrogen-bond acceptors (Lipinski definition) is 2. The third-order valence-electron chi connectivity index (χ3n) is 4.08. The maximum Gasteiger partial charge on any atom is 0.308 e. The molecule has 1 fully saturated rings. The van der Waals surface area contributed by atoms with Crippen LogP contribution in [0.25, 0.3) is 0 Å². The molecule has 0 aliphatic heterocycles. The van der Waals surface area contributed by atoms with Gasteiger partial charge in [0.1, 0.15) is 5.82 Å². The number of amides is 1. The summed E-state index contributed by atoms with van der Waals surface area (Å²) in [5, 5.41) is 12.1. The van der Waals surface area contributed by atoms with Crippen LogP contribution in [-0.2, 0) is 4.79 Å². The summed E-state index contributed by atoms with van der Waals surface area (Å²) in [6.45, 7) is 1.63. The lowest BCUT2D eigenvalue weighted by Gasteiger charge is -2.23. The predicted molar refractivity (Wildman–Crippen MR) is 76.6 cm³/mol. The molecule has 0 saturated heterocycles. The van der Waals surface area contributed by atoms with E-state index in [9.17, 15) is 19.1 Å². The molecule has 2 rings (SSSR count). The third-order valence-corrected chi connectivity index (χ3v) is 4.08. The summed E-state index contributed by atoms with van der Waals surface area (Å²) in [6, 6.07) is 3.91. The number of carbonyl (C=O) groups is 2. The first-order valence-electron chi connectivity index (χ1n) is 7.29. The van der Waals surface area contributed by atoms with Crippen molar-refractivity contribution in [2.75, 3.05) is 0 Å². The van der Waals surface area contributed by atoms with Gasteiger partial charge in [0.05, 0.1) is 5.92 Å². The Morgan fingerprint density at radius 3 is 2.62 bits per heavy atom. The average molecular weight is 293 g/mol. The van der Waals surface area contributed by atoms with Gasteiger partial charge < -0.3 is 10.4 Å². The number of aliphatic carboxylic acids is 1. The number of hydrogen-bond donors (Lipinski definition) is 2. The predicted octanol–water partition coefficient (Wildman–Crippen LogP) is 2.90. The highest BCUT2D eigenvalue weighted by molar-refractivity contribution is 5.94. The van der Waals surface area contributed by atoms with Gasteiger partial charge in [0.2, 0.25) is 0 Å². The third kappa shape index (κ3) is 3.80. The molecule has 0 aromatic heterocycles. The van der Waals surface area contributed by atoms with E-state index in [1.165, 1.54) is 6.07 Å². The van der Waals surface area contributed by atoms with E-state index < -0.39 is 23.6 Å². The van der Waals surface area contributed by atoms with Crippen molar-refractivity contribution in [1.29, 1.82) is 0 Å². The van der Waals surface area contributed by atoms with Crippen LogP contribution in [-0.4, -0.2) is 23.0 Å². The molecular weight excluding hydrogens is 273 g/mol. The Morgan fingerprint density at radius 2 is 1.95 bits per heavy atom. The van der Waals surface area contributed by atoms with Crippen molar-refractivity contribution in [3.63, 3.8) is 0 Å². The molecule has 1 aliphatic carbocycles. The molecule has 21 heavy (non-hydrogen) atoms. The zero-order valence-corrected chi connectivity index (χ0v) is 12.1. The molecule has 114 valence electrons. The van der Waals surface area contributed by atoms with Crippen LogP contribution in [0.3, 0.4) is 0 Å². The molecule has 0 unspecified atom stereocenters. The summed E-state index contributed by atoms with van der Waals surface area (Å²) in [6.07, 6.45) is 3.97. The minimum atomic E-state index is -0.878. The van der Waals surface area contributed by atoms with E-state index in [0.717, 1.165) is 19.3 Å². The van der Waals surface area contributed by atoms with Crippen LogP contribution < -0.4 is 5.32 Å². The smallest absolute Gasteiger partial charge is 0.308 e. The summed E-state index contributed by atoms with van der Waals surface area (Å²) < 4.78 is 13.5. The van der Waals surface area contributed by atoms with Gasteiger partial charge in [0.25, 0.3) is 5.91 Å². The van der Waals surface area contributed by atoms with Gasteiger partial charge in [0, 0.05) is 11.6 Å². The zero-order chi connectivity index (χ0) is 15.4. The lowest BCUT2D eigenvalue weighted by Crippen LogP contribution is -2.42. The molecule has 0 radical (unpaired) electrons. The van der Waals surface area contributed by atoms with Gasteiger partial charge in [-0.3, -0.25) is 9.59 Å². The lowest BCUT2D eigenvalue weighted by molar-refractivity contribution is -0.142. The highest BCUT2D eigenvalue weighted by atomic mass is 19.1. The number of rotatable bonds is 3. The quantitative estimate of drug-likeness (QED) is 0.842. The molecule has 1 saturated carbocycles. The molecule has 5 heteroatoms. The van der Waals surface area contributed by atoms with Crippen molar-refractivity contribution in [3.05, 3.63) is 35.1 Å². The molecule has 1 aliphatic rings. The number of nitrogens with one attached hydrogen (secondary N) is 1. The molecule has 0 spiro atoms. The highest BCUT2D eigenvalue weighted by Crippen LogP contribution is 2.24. The summed E-state index contributed by atoms with van der Waals surface area (Å²) in [5.74, 6) is -2.28. The van der Waals surface area contributed by atoms with E-state index in [2.05, 4.69) is 5.32 Å². The SMILES string of the molecule is Cc1ccc(C(=O)N[C@H]2CCCCC[C@H]2C(=O)O)cc1F. The Hall–Kier alpha value is -1.91. The molecule has 0 bridgehead atoms. The van der Waals surface area contributed by atoms with Gasteiger partial charge in [-0.15, -0.1) is 0 Å². The van der Waals surface area contributed by atoms with Crippen LogP contribution in [0.1, 0.15) is 48.0 Å². The number of carboxylic acid groups (broad SMARTS) is 1. The fourth-order valence-electron chi connectivity index (χ4n) is 2.76. The molecule has 1 aromatic carbocycles. The van der Waals surface area contributed by atoms with Gasteiger partial charge >= 0.3 is 5.97 Å². The highest BCUT2D eigenvalue weighted by Gasteiger charge is 2.30. The van der Waals surface area contributed by atoms with Crippen molar-refractivity contribution in [2.24, 2.45) is 5.92 Å². The van der Waals surface area contributed by atoms with Crippen molar-refractivity contribution in [3.8, 4) is 0 Å². The second-order valence-corrected chi connectivity index (χ2v) is 5.63. The second kappa shape index (κ2) is 6.70. The minimum Gasteiger partial charge on any atom is -0.481 e. The Bertz CT molecular complexity index is 544. The normalized spacial score (nSPS) is 22.4. The minimum absolute atomic E-state index is 0.228. The Morgan fingerprint density at radius 1 is 1.24 bits per heavy atom. The number of carboxylic acids is 1. The maximum atomic E-state index is 13.5. The first-order chi connectivity index (χ1) is 9.99. The zero-order valence-electron chi connectivity index (χ0n) is 12.1. The van der Waals surface area contributed by atoms with Crippen molar-refractivity contribution in [1.82, 2.24) is 5.32 Å². The van der Waals surface area contributed by atoms with Crippen LogP contribution in [0.4, 0.5) is 4.39 Å². The van der Waals surface area contributed by atoms with Crippen LogP contribution >= 0.6 is 0 Å². The van der Waals surface area contributed by atoms with E-state index in [1.807, 2.05) is 0 Å². The van der Waals surface area contributed by atoms with Crippen LogP contribution in [0.15, 0.2) is 18.2 Å². The Labute approximate surface area is 123 Å². The largest absolute Gasteiger partial charge is 0.481 e. The Balaban J connectivity index is 2.12. The molecule has 2 N–H and O–H groups in total. The molecule has 4 nitrogen and oxygen atoms in total. The van der Waals surface area contributed by atoms with Crippen LogP contribution in [0.5, 0.6) is 0 Å². The van der Waals surface area contributed by atoms with Crippen LogP contribution in [0.2, 0.25) is 0 Å². The fraction of sp³-hybridized carbons (Fsp3) is 0.500. The average Bonchev–Trinajstić information content (AvgIpc) is 2.67. The van der Waals surface area contributed by atoms with E-state index in [4.69, 9.17) is 0 Å². The number of benzene rings is 1. The van der Waals surface area contributed by atoms with E-state index in [-0.39, 0.29) is 11.6 Å². The second-order valence-electron chi connectivity index (χ2n) is 5.63. The molecule has 1 amide bonds. The van der Waals surface area contributed by atoms with Crippen molar-refractivity contribution in [2.45, 2.75) is 45.1 Å². The number of halogens is 1. The monoisotopic (exact) mass is 293 g/mol. The topological polar surface area (TPSA) is 66.4 Å². The van der Waals surface area contributed by atoms with E-state index >= 15 is 0 Å². The maximum absolute atomic E-state index is 13.5. The number of aryl methyl sites for hydroxylation is 1. The van der Waals surface area contributed by atoms with Gasteiger partial charge in [0.15, 0.2) is 0 Å². The summed E-state index contributed by atoms with van der Waals surface area (Å²) in [5.41, 5.74) is 0.705. The van der Waals surface area contributed by atoms with Crippen molar-refractivity contribution >= 4 is 11.9 Å². The van der Waals surface area contributed by atoms with E-state index in [1.54, 1.807) is 19.1 Å². The summed E-state index contributed by atoms with van der Waals surface area (Å²) >= 11 is 0. The number of carbonyl (C=O) groups excluding carboxylic acids is 1. The first-order valence-corrected chi connectivity index (χ1v) is 7.29. The van der Waals surface area contributed by atoms with Gasteiger partial charge in [-0.05, 0) is 37.5 Å². The standard InChI is InChI=1S/C16H20FNO3/c1-10-7-8-11(9-13(10)17)15(19)18-14-6-4-2-3-5-12(14)16(20)21/h7-9,12,14H,2-6H2,1H3,(H,18,19)(H,20,21)/t12-,14+/m1/s1. The first kappa shape index (κ1) is 15.5. The fourth-order valence-corrected chi connectivity index (χ4v) is 2.76. The summed E-state index contributed by atoms with van der Waals surface area (Å²) in [4.78, 5) is 23.5. The van der Waals surface area contributed by atoms with Crippen LogP contribution in [0, 0.1) is 18.7 Å². The lowest BCUT2D eigenvalue weighted by atomic mass is 9.94. The van der Waals surface area contributed by atoms with Gasteiger partial charge in [-0.2, -0.15) is 0 Å².